The monoisotopic (exact) mass is 315 g/mol. The van der Waals surface area contributed by atoms with Gasteiger partial charge in [-0.2, -0.15) is 0 Å². The van der Waals surface area contributed by atoms with Crippen LogP contribution in [0.5, 0.6) is 5.75 Å². The molecule has 1 aliphatic heterocycles. The molecule has 3 heteroatoms. The minimum absolute atomic E-state index is 0.185. The molecule has 0 N–H and O–H groups in total. The average molecular weight is 316 g/mol. The van der Waals surface area contributed by atoms with E-state index in [0.29, 0.717) is 5.92 Å². The molecule has 2 nitrogen and oxygen atoms in total. The lowest BCUT2D eigenvalue weighted by atomic mass is 9.98. The van der Waals surface area contributed by atoms with E-state index in [1.54, 1.807) is 0 Å². The van der Waals surface area contributed by atoms with Crippen molar-refractivity contribution in [3.63, 3.8) is 0 Å². The Kier molecular flexibility index (Phi) is 5.01. The molecule has 22 heavy (non-hydrogen) atoms. The molecule has 1 fully saturated rings. The van der Waals surface area contributed by atoms with Gasteiger partial charge in [0.05, 0.1) is 0 Å². The van der Waals surface area contributed by atoms with Crippen LogP contribution in [-0.2, 0) is 6.42 Å². The number of halogens is 1. The maximum Gasteiger partial charge on any atom is 0.152 e. The minimum Gasteiger partial charge on any atom is -0.475 e. The van der Waals surface area contributed by atoms with Gasteiger partial charge in [-0.15, -0.1) is 0 Å². The quantitative estimate of drug-likeness (QED) is 0.797. The number of hydrogen-bond acceptors (Lipinski definition) is 2. The summed E-state index contributed by atoms with van der Waals surface area (Å²) >= 11 is 5.96. The van der Waals surface area contributed by atoms with Crippen LogP contribution in [0.15, 0.2) is 54.6 Å². The number of hydrogen-bond donors (Lipinski definition) is 0. The van der Waals surface area contributed by atoms with Gasteiger partial charge in [-0.25, -0.2) is 0 Å². The Morgan fingerprint density at radius 1 is 1.09 bits per heavy atom. The van der Waals surface area contributed by atoms with Crippen LogP contribution in [0.25, 0.3) is 0 Å². The third-order valence-electron chi connectivity index (χ3n) is 4.29. The highest BCUT2D eigenvalue weighted by Gasteiger charge is 2.32. The summed E-state index contributed by atoms with van der Waals surface area (Å²) in [4.78, 5) is 2.42. The van der Waals surface area contributed by atoms with Crippen molar-refractivity contribution in [1.82, 2.24) is 4.90 Å². The molecule has 2 aromatic rings. The molecule has 1 saturated heterocycles. The largest absolute Gasteiger partial charge is 0.475 e. The van der Waals surface area contributed by atoms with Crippen LogP contribution >= 0.6 is 11.6 Å². The van der Waals surface area contributed by atoms with Crippen LogP contribution in [-0.4, -0.2) is 24.2 Å². The van der Waals surface area contributed by atoms with Crippen LogP contribution in [0.3, 0.4) is 0 Å². The second kappa shape index (κ2) is 7.17. The zero-order chi connectivity index (χ0) is 15.4. The Hall–Kier alpha value is -1.51. The van der Waals surface area contributed by atoms with Gasteiger partial charge >= 0.3 is 0 Å². The van der Waals surface area contributed by atoms with E-state index >= 15 is 0 Å². The second-order valence-corrected chi connectivity index (χ2v) is 6.34. The second-order valence-electron chi connectivity index (χ2n) is 5.91. The molecule has 2 atom stereocenters. The smallest absolute Gasteiger partial charge is 0.152 e. The number of para-hydroxylation sites is 1. The highest BCUT2D eigenvalue weighted by molar-refractivity contribution is 6.30. The lowest BCUT2D eigenvalue weighted by Gasteiger charge is -2.23. The first kappa shape index (κ1) is 15.4. The molecule has 0 spiro atoms. The SMILES string of the molecule is CCN1CC(Cc2ccc(Cl)cc2)CC1Oc1ccccc1. The molecule has 1 aliphatic rings. The van der Waals surface area contributed by atoms with E-state index in [0.717, 1.165) is 36.7 Å². The number of rotatable bonds is 5. The highest BCUT2D eigenvalue weighted by Crippen LogP contribution is 2.28. The summed E-state index contributed by atoms with van der Waals surface area (Å²) in [5, 5.41) is 0.802. The average Bonchev–Trinajstić information content (AvgIpc) is 2.92. The van der Waals surface area contributed by atoms with E-state index in [1.165, 1.54) is 5.56 Å². The Labute approximate surface area is 137 Å². The van der Waals surface area contributed by atoms with Crippen LogP contribution in [0.1, 0.15) is 18.9 Å². The molecular formula is C19H22ClNO. The van der Waals surface area contributed by atoms with E-state index in [-0.39, 0.29) is 6.23 Å². The minimum atomic E-state index is 0.185. The van der Waals surface area contributed by atoms with Crippen LogP contribution in [0.2, 0.25) is 5.02 Å². The maximum absolute atomic E-state index is 6.17. The van der Waals surface area contributed by atoms with Crippen molar-refractivity contribution in [3.8, 4) is 5.75 Å². The number of ether oxygens (including phenoxy) is 1. The van der Waals surface area contributed by atoms with Crippen molar-refractivity contribution in [2.24, 2.45) is 5.92 Å². The molecule has 116 valence electrons. The molecule has 2 aromatic carbocycles. The van der Waals surface area contributed by atoms with Gasteiger partial charge in [-0.05, 0) is 48.7 Å². The first-order chi connectivity index (χ1) is 10.7. The summed E-state index contributed by atoms with van der Waals surface area (Å²) in [6.45, 7) is 4.32. The first-order valence-electron chi connectivity index (χ1n) is 7.95. The molecule has 1 heterocycles. The lowest BCUT2D eigenvalue weighted by Crippen LogP contribution is -2.33. The van der Waals surface area contributed by atoms with Gasteiger partial charge in [0.25, 0.3) is 0 Å². The van der Waals surface area contributed by atoms with Crippen LogP contribution in [0.4, 0.5) is 0 Å². The number of likely N-dealkylation sites (tertiary alicyclic amines) is 1. The van der Waals surface area contributed by atoms with Gasteiger partial charge in [0.2, 0.25) is 0 Å². The molecule has 2 unspecified atom stereocenters. The van der Waals surface area contributed by atoms with Crippen LogP contribution in [0, 0.1) is 5.92 Å². The van der Waals surface area contributed by atoms with Crippen molar-refractivity contribution in [1.29, 1.82) is 0 Å². The maximum atomic E-state index is 6.17. The van der Waals surface area contributed by atoms with Gasteiger partial charge in [0, 0.05) is 18.0 Å². The molecular weight excluding hydrogens is 294 g/mol. The third-order valence-corrected chi connectivity index (χ3v) is 4.55. The summed E-state index contributed by atoms with van der Waals surface area (Å²) in [6, 6.07) is 18.3. The fraction of sp³-hybridized carbons (Fsp3) is 0.368. The Morgan fingerprint density at radius 2 is 1.82 bits per heavy atom. The van der Waals surface area contributed by atoms with Crippen molar-refractivity contribution in [2.75, 3.05) is 13.1 Å². The first-order valence-corrected chi connectivity index (χ1v) is 8.32. The fourth-order valence-electron chi connectivity index (χ4n) is 3.17. The topological polar surface area (TPSA) is 12.5 Å². The van der Waals surface area contributed by atoms with Crippen molar-refractivity contribution >= 4 is 11.6 Å². The molecule has 0 amide bonds. The summed E-state index contributed by atoms with van der Waals surface area (Å²) in [5.74, 6) is 1.59. The third kappa shape index (κ3) is 3.82. The molecule has 0 saturated carbocycles. The normalized spacial score (nSPS) is 21.9. The number of nitrogens with zero attached hydrogens (tertiary/aromatic N) is 1. The molecule has 0 aromatic heterocycles. The molecule has 0 bridgehead atoms. The zero-order valence-electron chi connectivity index (χ0n) is 12.9. The fourth-order valence-corrected chi connectivity index (χ4v) is 3.30. The van der Waals surface area contributed by atoms with E-state index in [9.17, 15) is 0 Å². The summed E-state index contributed by atoms with van der Waals surface area (Å²) < 4.78 is 6.17. The van der Waals surface area contributed by atoms with Gasteiger partial charge in [0.1, 0.15) is 5.75 Å². The van der Waals surface area contributed by atoms with E-state index in [4.69, 9.17) is 16.3 Å². The summed E-state index contributed by atoms with van der Waals surface area (Å²) in [6.07, 6.45) is 2.35. The molecule has 3 rings (SSSR count). The highest BCUT2D eigenvalue weighted by atomic mass is 35.5. The van der Waals surface area contributed by atoms with Gasteiger partial charge in [-0.3, -0.25) is 4.90 Å². The summed E-state index contributed by atoms with van der Waals surface area (Å²) in [7, 11) is 0. The van der Waals surface area contributed by atoms with Gasteiger partial charge < -0.3 is 4.74 Å². The van der Waals surface area contributed by atoms with Crippen LogP contribution < -0.4 is 4.74 Å². The predicted molar refractivity (Wildman–Crippen MR) is 91.4 cm³/mol. The zero-order valence-corrected chi connectivity index (χ0v) is 13.7. The number of benzene rings is 2. The Balaban J connectivity index is 1.62. The standard InChI is InChI=1S/C19H22ClNO/c1-2-21-14-16(12-15-8-10-17(20)11-9-15)13-19(21)22-18-6-4-3-5-7-18/h3-11,16,19H,2,12-14H2,1H3. The molecule has 0 radical (unpaired) electrons. The Morgan fingerprint density at radius 3 is 2.50 bits per heavy atom. The van der Waals surface area contributed by atoms with Gasteiger partial charge in [-0.1, -0.05) is 48.9 Å². The van der Waals surface area contributed by atoms with Gasteiger partial charge in [0.15, 0.2) is 6.23 Å². The molecule has 0 aliphatic carbocycles. The lowest BCUT2D eigenvalue weighted by molar-refractivity contribution is 0.0650. The Bertz CT molecular complexity index is 584. The van der Waals surface area contributed by atoms with E-state index < -0.39 is 0 Å². The van der Waals surface area contributed by atoms with E-state index in [1.807, 2.05) is 42.5 Å². The van der Waals surface area contributed by atoms with Crippen molar-refractivity contribution in [3.05, 3.63) is 65.2 Å². The van der Waals surface area contributed by atoms with Crippen molar-refractivity contribution < 1.29 is 4.74 Å². The summed E-state index contributed by atoms with van der Waals surface area (Å²) in [5.41, 5.74) is 1.35. The van der Waals surface area contributed by atoms with E-state index in [2.05, 4.69) is 24.0 Å². The predicted octanol–water partition coefficient (Wildman–Crippen LogP) is 4.63. The van der Waals surface area contributed by atoms with Crippen molar-refractivity contribution in [2.45, 2.75) is 26.0 Å².